The summed E-state index contributed by atoms with van der Waals surface area (Å²) in [5.41, 5.74) is 1.92. The Morgan fingerprint density at radius 2 is 1.71 bits per heavy atom. The third-order valence-electron chi connectivity index (χ3n) is 8.49. The van der Waals surface area contributed by atoms with Gasteiger partial charge in [0.15, 0.2) is 0 Å². The third-order valence-corrected chi connectivity index (χ3v) is 8.49. The molecule has 1 heterocycles. The maximum absolute atomic E-state index is 14.3. The van der Waals surface area contributed by atoms with Crippen LogP contribution in [-0.4, -0.2) is 84.4 Å². The maximum atomic E-state index is 14.3. The molecule has 0 saturated heterocycles. The van der Waals surface area contributed by atoms with Gasteiger partial charge in [0.05, 0.1) is 36.8 Å². The molecule has 4 amide bonds. The zero-order valence-electron chi connectivity index (χ0n) is 28.2. The lowest BCUT2D eigenvalue weighted by Gasteiger charge is -2.36. The number of anilines is 2. The third kappa shape index (κ3) is 10.5. The minimum absolute atomic E-state index is 0.0311. The van der Waals surface area contributed by atoms with Gasteiger partial charge in [-0.05, 0) is 81.1 Å². The van der Waals surface area contributed by atoms with Crippen molar-refractivity contribution < 1.29 is 33.4 Å². The molecule has 3 aromatic carbocycles. The van der Waals surface area contributed by atoms with Crippen molar-refractivity contribution in [3.05, 3.63) is 89.7 Å². The minimum atomic E-state index is -0.565. The van der Waals surface area contributed by atoms with Crippen LogP contribution in [0.15, 0.2) is 72.8 Å². The molecule has 0 aliphatic carbocycles. The largest absolute Gasteiger partial charge is 0.490 e. The van der Waals surface area contributed by atoms with E-state index in [-0.39, 0.29) is 55.1 Å². The fourth-order valence-corrected chi connectivity index (χ4v) is 5.57. The van der Waals surface area contributed by atoms with Gasteiger partial charge < -0.3 is 35.0 Å². The van der Waals surface area contributed by atoms with E-state index in [9.17, 15) is 23.9 Å². The summed E-state index contributed by atoms with van der Waals surface area (Å²) >= 11 is 0. The Morgan fingerprint density at radius 1 is 1.02 bits per heavy atom. The SMILES string of the molecule is C[C@@H]1CN([C@@H](C)CO)C(=O)c2cc(NC(=O)Nc3ccc(F)cc3)ccc2O[C@@H](C)CCCCO[C@@H]1CN(C)C(=O)Cc1ccccc1. The number of nitrogens with zero attached hydrogens (tertiary/aromatic N) is 2. The van der Waals surface area contributed by atoms with E-state index in [1.54, 1.807) is 42.0 Å². The van der Waals surface area contributed by atoms with E-state index in [1.807, 2.05) is 44.2 Å². The number of benzene rings is 3. The number of aliphatic hydroxyl groups excluding tert-OH is 1. The van der Waals surface area contributed by atoms with Gasteiger partial charge >= 0.3 is 6.03 Å². The molecular formula is C37H47FN4O6. The highest BCUT2D eigenvalue weighted by Gasteiger charge is 2.31. The van der Waals surface area contributed by atoms with Crippen LogP contribution in [-0.2, 0) is 16.0 Å². The molecule has 3 N–H and O–H groups in total. The number of carbonyl (C=O) groups excluding carboxylic acids is 3. The Balaban J connectivity index is 1.57. The molecule has 48 heavy (non-hydrogen) atoms. The zero-order chi connectivity index (χ0) is 34.6. The molecule has 0 fully saturated rings. The zero-order valence-corrected chi connectivity index (χ0v) is 28.2. The Kier molecular flexibility index (Phi) is 13.3. The highest BCUT2D eigenvalue weighted by atomic mass is 19.1. The lowest BCUT2D eigenvalue weighted by atomic mass is 10.0. The van der Waals surface area contributed by atoms with Crippen molar-refractivity contribution in [1.29, 1.82) is 0 Å². The number of hydrogen-bond acceptors (Lipinski definition) is 6. The molecule has 10 nitrogen and oxygen atoms in total. The Bertz CT molecular complexity index is 1510. The summed E-state index contributed by atoms with van der Waals surface area (Å²) in [7, 11) is 1.77. The number of ether oxygens (including phenoxy) is 2. The number of aliphatic hydroxyl groups is 1. The number of urea groups is 1. The van der Waals surface area contributed by atoms with Gasteiger partial charge in [0.2, 0.25) is 5.91 Å². The number of likely N-dealkylation sites (N-methyl/N-ethyl adjacent to an activating group) is 1. The van der Waals surface area contributed by atoms with Gasteiger partial charge in [-0.3, -0.25) is 9.59 Å². The Hall–Kier alpha value is -4.48. The second kappa shape index (κ2) is 17.6. The number of halogens is 1. The second-order valence-electron chi connectivity index (χ2n) is 12.5. The van der Waals surface area contributed by atoms with Crippen LogP contribution in [0.3, 0.4) is 0 Å². The van der Waals surface area contributed by atoms with Crippen LogP contribution in [0, 0.1) is 11.7 Å². The van der Waals surface area contributed by atoms with E-state index >= 15 is 0 Å². The monoisotopic (exact) mass is 662 g/mol. The topological polar surface area (TPSA) is 120 Å². The first kappa shape index (κ1) is 36.4. The van der Waals surface area contributed by atoms with Crippen molar-refractivity contribution >= 4 is 29.2 Å². The van der Waals surface area contributed by atoms with Crippen molar-refractivity contribution in [3.8, 4) is 5.75 Å². The molecule has 0 unspecified atom stereocenters. The molecule has 1 aliphatic heterocycles. The normalized spacial score (nSPS) is 19.7. The highest BCUT2D eigenvalue weighted by molar-refractivity contribution is 6.02. The molecule has 1 aliphatic rings. The molecule has 0 bridgehead atoms. The summed E-state index contributed by atoms with van der Waals surface area (Å²) in [4.78, 5) is 43.5. The second-order valence-corrected chi connectivity index (χ2v) is 12.5. The summed E-state index contributed by atoms with van der Waals surface area (Å²) in [5.74, 6) is -0.661. The number of carbonyl (C=O) groups is 3. The van der Waals surface area contributed by atoms with Crippen LogP contribution in [0.2, 0.25) is 0 Å². The summed E-state index contributed by atoms with van der Waals surface area (Å²) < 4.78 is 25.9. The molecule has 4 rings (SSSR count). The summed E-state index contributed by atoms with van der Waals surface area (Å²) in [6.07, 6.45) is 2.06. The van der Waals surface area contributed by atoms with Gasteiger partial charge in [0.25, 0.3) is 5.91 Å². The first-order chi connectivity index (χ1) is 23.0. The van der Waals surface area contributed by atoms with Crippen LogP contribution in [0.5, 0.6) is 5.75 Å². The van der Waals surface area contributed by atoms with Gasteiger partial charge in [-0.25, -0.2) is 9.18 Å². The molecular weight excluding hydrogens is 615 g/mol. The molecule has 258 valence electrons. The Labute approximate surface area is 282 Å². The predicted octanol–water partition coefficient (Wildman–Crippen LogP) is 5.97. The quantitative estimate of drug-likeness (QED) is 0.274. The number of hydrogen-bond donors (Lipinski definition) is 3. The Morgan fingerprint density at radius 3 is 2.42 bits per heavy atom. The van der Waals surface area contributed by atoms with Gasteiger partial charge in [-0.1, -0.05) is 37.3 Å². The smallest absolute Gasteiger partial charge is 0.323 e. The minimum Gasteiger partial charge on any atom is -0.490 e. The first-order valence-electron chi connectivity index (χ1n) is 16.5. The van der Waals surface area contributed by atoms with Crippen molar-refractivity contribution in [3.63, 3.8) is 0 Å². The summed E-state index contributed by atoms with van der Waals surface area (Å²) in [6.45, 7) is 6.49. The van der Waals surface area contributed by atoms with E-state index in [2.05, 4.69) is 10.6 Å². The first-order valence-corrected chi connectivity index (χ1v) is 16.5. The van der Waals surface area contributed by atoms with E-state index in [0.29, 0.717) is 30.3 Å². The average molecular weight is 663 g/mol. The van der Waals surface area contributed by atoms with Crippen LogP contribution < -0.4 is 15.4 Å². The van der Waals surface area contributed by atoms with E-state index in [0.717, 1.165) is 24.8 Å². The van der Waals surface area contributed by atoms with Gasteiger partial charge in [-0.15, -0.1) is 0 Å². The van der Waals surface area contributed by atoms with E-state index in [4.69, 9.17) is 9.47 Å². The summed E-state index contributed by atoms with van der Waals surface area (Å²) in [5, 5.41) is 15.6. The molecule has 0 radical (unpaired) electrons. The predicted molar refractivity (Wildman–Crippen MR) is 184 cm³/mol. The van der Waals surface area contributed by atoms with Crippen molar-refractivity contribution in [1.82, 2.24) is 9.80 Å². The van der Waals surface area contributed by atoms with Crippen molar-refractivity contribution in [2.45, 2.75) is 64.7 Å². The fraction of sp³-hybridized carbons (Fsp3) is 0.432. The van der Waals surface area contributed by atoms with Gasteiger partial charge in [0.1, 0.15) is 11.6 Å². The molecule has 3 aromatic rings. The van der Waals surface area contributed by atoms with Crippen molar-refractivity contribution in [2.75, 3.05) is 44.0 Å². The lowest BCUT2D eigenvalue weighted by Crippen LogP contribution is -2.48. The molecule has 4 atom stereocenters. The average Bonchev–Trinajstić information content (AvgIpc) is 3.07. The summed E-state index contributed by atoms with van der Waals surface area (Å²) in [6, 6.07) is 18.7. The number of nitrogens with one attached hydrogen (secondary N) is 2. The fourth-order valence-electron chi connectivity index (χ4n) is 5.57. The molecule has 0 spiro atoms. The van der Waals surface area contributed by atoms with E-state index in [1.165, 1.54) is 24.3 Å². The van der Waals surface area contributed by atoms with Crippen LogP contribution in [0.4, 0.5) is 20.6 Å². The molecule has 11 heteroatoms. The maximum Gasteiger partial charge on any atom is 0.323 e. The number of fused-ring (bicyclic) bond motifs is 1. The number of rotatable bonds is 8. The standard InChI is InChI=1S/C37H47FN4O6/c1-25-22-42(26(2)24-43)36(45)32-21-31(40-37(46)39-30-15-13-29(38)14-16-30)17-18-33(32)48-27(3)10-8-9-19-47-34(25)23-41(4)35(44)20-28-11-6-5-7-12-28/h5-7,11-18,21,25-27,34,43H,8-10,19-20,22-24H2,1-4H3,(H2,39,40,46)/t25-,26+,27+,34-/m1/s1. The molecule has 0 saturated carbocycles. The molecule has 0 aromatic heterocycles. The van der Waals surface area contributed by atoms with Gasteiger partial charge in [-0.2, -0.15) is 0 Å². The van der Waals surface area contributed by atoms with Crippen LogP contribution in [0.1, 0.15) is 56.0 Å². The van der Waals surface area contributed by atoms with Crippen LogP contribution in [0.25, 0.3) is 0 Å². The van der Waals surface area contributed by atoms with E-state index < -0.39 is 17.9 Å². The van der Waals surface area contributed by atoms with Gasteiger partial charge in [0, 0.05) is 44.0 Å². The lowest BCUT2D eigenvalue weighted by molar-refractivity contribution is -0.131. The number of amides is 4. The highest BCUT2D eigenvalue weighted by Crippen LogP contribution is 2.29. The van der Waals surface area contributed by atoms with Crippen molar-refractivity contribution in [2.24, 2.45) is 5.92 Å². The van der Waals surface area contributed by atoms with Crippen LogP contribution >= 0.6 is 0 Å².